The molecule has 0 aliphatic carbocycles. The van der Waals surface area contributed by atoms with Crippen molar-refractivity contribution in [2.45, 2.75) is 0 Å². The minimum atomic E-state index is -1.67. The fourth-order valence-electron chi connectivity index (χ4n) is 7.19. The van der Waals surface area contributed by atoms with Crippen LogP contribution in [0.15, 0.2) is 194 Å². The van der Waals surface area contributed by atoms with E-state index in [0.717, 1.165) is 0 Å². The highest BCUT2D eigenvalue weighted by atomic mass is 36.0. The molecule has 110 heavy (non-hydrogen) atoms. The SMILES string of the molecule is COC(=O)COc1ccc(OCC(=O)OC)cc1.O=C(COc1ccc(OCC(=O)Oc2cc(Cl)ccc2Oc2ccc(Cl)cc2Cl)cc1)Oc1cc(Cl)ccc1Oc1ccc(Cl)cc1Cl.O=C(Cl)COc1ccc(OCC(=O)Cl)cc1.O=C(O)COc1ccc(OCC(=O)O)cc1.O=S(Cl)Cl.Oc1ccc(O)cc1. The van der Waals surface area contributed by atoms with Gasteiger partial charge in [0, 0.05) is 53.6 Å². The minimum absolute atomic E-state index is 0.0583. The number of carboxylic acid groups (broad SMARTS) is 2. The molecular weight excluding hydrogens is 1680 g/mol. The summed E-state index contributed by atoms with van der Waals surface area (Å²) in [6.07, 6.45) is 0. The zero-order chi connectivity index (χ0) is 81.1. The monoisotopic (exact) mass is 1740 g/mol. The van der Waals surface area contributed by atoms with Gasteiger partial charge in [-0.15, -0.1) is 0 Å². The van der Waals surface area contributed by atoms with Gasteiger partial charge in [0.2, 0.25) is 9.23 Å². The summed E-state index contributed by atoms with van der Waals surface area (Å²) in [5, 5.41) is 34.9. The summed E-state index contributed by atoms with van der Waals surface area (Å²) in [4.78, 5) is 88.1. The molecule has 0 aromatic heterocycles. The molecule has 9 rings (SSSR count). The van der Waals surface area contributed by atoms with E-state index in [-0.39, 0.29) is 71.0 Å². The van der Waals surface area contributed by atoms with Gasteiger partial charge in [0.15, 0.2) is 75.9 Å². The third-order valence-corrected chi connectivity index (χ3v) is 13.7. The Morgan fingerprint density at radius 2 is 0.527 bits per heavy atom. The largest absolute Gasteiger partial charge is 0.508 e. The molecule has 0 spiro atoms. The Morgan fingerprint density at radius 1 is 0.309 bits per heavy atom. The summed E-state index contributed by atoms with van der Waals surface area (Å²) >= 11 is 46.7. The fraction of sp³-hybridized carbons (Fsp3) is 0.139. The maximum Gasteiger partial charge on any atom is 0.349 e. The lowest BCUT2D eigenvalue weighted by Crippen LogP contribution is -2.18. The van der Waals surface area contributed by atoms with E-state index in [0.29, 0.717) is 77.6 Å². The number of ether oxygens (including phenoxy) is 14. The van der Waals surface area contributed by atoms with Crippen molar-refractivity contribution in [3.8, 4) is 92.0 Å². The molecule has 0 heterocycles. The van der Waals surface area contributed by atoms with Gasteiger partial charge in [0.1, 0.15) is 69.0 Å². The Kier molecular flexibility index (Phi) is 42.3. The number of hydrogen-bond donors (Lipinski definition) is 4. The van der Waals surface area contributed by atoms with Crippen molar-refractivity contribution in [2.24, 2.45) is 0 Å². The first kappa shape index (κ1) is 92.2. The number of carbonyl (C=O) groups is 8. The zero-order valence-corrected chi connectivity index (χ0v) is 64.9. The van der Waals surface area contributed by atoms with E-state index in [1.807, 2.05) is 0 Å². The molecule has 0 fully saturated rings. The normalized spacial score (nSPS) is 9.94. The van der Waals surface area contributed by atoms with Crippen LogP contribution in [0.3, 0.4) is 0 Å². The predicted octanol–water partition coefficient (Wildman–Crippen LogP) is 16.7. The van der Waals surface area contributed by atoms with E-state index in [9.17, 15) is 38.4 Å². The van der Waals surface area contributed by atoms with Crippen molar-refractivity contribution in [1.82, 2.24) is 0 Å². The van der Waals surface area contributed by atoms with Gasteiger partial charge in [-0.1, -0.05) is 69.6 Å². The van der Waals surface area contributed by atoms with E-state index in [2.05, 4.69) is 30.8 Å². The van der Waals surface area contributed by atoms with Crippen LogP contribution in [-0.4, -0.2) is 138 Å². The van der Waals surface area contributed by atoms with E-state index >= 15 is 0 Å². The highest BCUT2D eigenvalue weighted by molar-refractivity contribution is 8.26. The summed E-state index contributed by atoms with van der Waals surface area (Å²) in [6.45, 7) is -2.41. The number of phenolic OH excluding ortho intramolecular Hbond substituents is 2. The number of esters is 4. The first-order chi connectivity index (χ1) is 52.3. The van der Waals surface area contributed by atoms with Crippen LogP contribution in [0.1, 0.15) is 0 Å². The maximum atomic E-state index is 12.6. The summed E-state index contributed by atoms with van der Waals surface area (Å²) in [6, 6.07) is 49.2. The van der Waals surface area contributed by atoms with Crippen LogP contribution in [0.2, 0.25) is 30.1 Å². The molecule has 4 N–H and O–H groups in total. The lowest BCUT2D eigenvalue weighted by Gasteiger charge is -2.14. The van der Waals surface area contributed by atoms with Gasteiger partial charge in [0.25, 0.3) is 10.5 Å². The molecule has 0 radical (unpaired) electrons. The second-order valence-corrected chi connectivity index (χ2v) is 26.0. The van der Waals surface area contributed by atoms with Crippen LogP contribution in [0, 0.1) is 0 Å². The number of halogens is 10. The van der Waals surface area contributed by atoms with E-state index in [1.165, 1.54) is 99.1 Å². The standard InChI is InChI=1S/C34H20Cl6O8.C12H14O6.C10H8Cl2O4.C10H10O6.C6H6O2.Cl2OS/c35-19-1-9-27(25(39)13-19)45-29-11-3-21(37)15-31(29)47-33(41)17-43-23-5-7-24(8-6-23)44-18-34(42)48-32-16-22(38)4-12-30(32)46-28-10-2-20(36)14-26(28)40;1-15-11(13)7-17-9-3-5-10(6-4-9)18-8-12(14)16-2;11-9(13)5-15-7-1-2-8(4-3-7)16-6-10(12)14;11-9(12)5-15-7-1-2-8(4-3-7)16-6-10(13)14;7-5-1-2-6(8)4-3-5;1-4(2)3/h1-16H,17-18H2;3-6H,7-8H2,1-2H3;1-4H,5-6H2;1-4H,5-6H2,(H,11,12)(H,13,14);1-4,7-8H;. The lowest BCUT2D eigenvalue weighted by atomic mass is 10.3. The number of hydrogen-bond acceptors (Lipinski definition) is 25. The van der Waals surface area contributed by atoms with E-state index in [4.69, 9.17) is 174 Å². The molecule has 9 aromatic carbocycles. The number of phenols is 2. The summed E-state index contributed by atoms with van der Waals surface area (Å²) < 4.78 is 81.6. The number of carbonyl (C=O) groups excluding carboxylic acids is 6. The van der Waals surface area contributed by atoms with Crippen molar-refractivity contribution in [3.63, 3.8) is 0 Å². The van der Waals surface area contributed by atoms with Crippen LogP contribution in [0.5, 0.6) is 92.0 Å². The molecule has 0 amide bonds. The molecule has 38 heteroatoms. The van der Waals surface area contributed by atoms with Crippen LogP contribution in [-0.2, 0) is 57.1 Å². The maximum absolute atomic E-state index is 12.6. The first-order valence-electron chi connectivity index (χ1n) is 30.2. The first-order valence-corrected chi connectivity index (χ1v) is 36.0. The fourth-order valence-corrected chi connectivity index (χ4v) is 8.51. The Bertz CT molecular complexity index is 4140. The van der Waals surface area contributed by atoms with Gasteiger partial charge in [-0.2, -0.15) is 0 Å². The van der Waals surface area contributed by atoms with Crippen molar-refractivity contribution < 1.29 is 129 Å². The molecule has 0 aliphatic rings. The predicted molar refractivity (Wildman–Crippen MR) is 408 cm³/mol. The zero-order valence-electron chi connectivity index (χ0n) is 56.5. The summed E-state index contributed by atoms with van der Waals surface area (Å²) in [5.41, 5.74) is 0. The molecule has 0 saturated carbocycles. The highest BCUT2D eigenvalue weighted by Gasteiger charge is 2.18. The Balaban J connectivity index is 0.000000335. The minimum Gasteiger partial charge on any atom is -0.508 e. The molecule has 0 atom stereocenters. The van der Waals surface area contributed by atoms with Crippen LogP contribution in [0.25, 0.3) is 0 Å². The average molecular weight is 1740 g/mol. The molecule has 27 nitrogen and oxygen atoms in total. The van der Waals surface area contributed by atoms with Gasteiger partial charge < -0.3 is 86.7 Å². The summed E-state index contributed by atoms with van der Waals surface area (Å²) in [5.74, 6) is 0.359. The molecule has 0 bridgehead atoms. The van der Waals surface area contributed by atoms with Gasteiger partial charge in [-0.25, -0.2) is 33.0 Å². The second-order valence-electron chi connectivity index (χ2n) is 20.0. The van der Waals surface area contributed by atoms with Crippen molar-refractivity contribution in [2.75, 3.05) is 67.1 Å². The third-order valence-electron chi connectivity index (χ3n) is 11.9. The van der Waals surface area contributed by atoms with Gasteiger partial charge in [0.05, 0.1) is 24.3 Å². The number of methoxy groups -OCH3 is 2. The molecule has 0 saturated heterocycles. The van der Waals surface area contributed by atoms with Crippen LogP contribution < -0.4 is 56.8 Å². The smallest absolute Gasteiger partial charge is 0.349 e. The number of aliphatic carboxylic acids is 2. The number of rotatable bonds is 30. The average Bonchev–Trinajstić information content (AvgIpc) is 0.838. The third kappa shape index (κ3) is 39.8. The molecule has 9 aromatic rings. The van der Waals surface area contributed by atoms with Crippen molar-refractivity contribution in [1.29, 1.82) is 0 Å². The quantitative estimate of drug-likeness (QED) is 0.0141. The molecular formula is C72H58Cl10O27S. The highest BCUT2D eigenvalue weighted by Crippen LogP contribution is 2.40. The number of carboxylic acids is 2. The van der Waals surface area contributed by atoms with Gasteiger partial charge >= 0.3 is 35.8 Å². The molecule has 0 aliphatic heterocycles. The summed E-state index contributed by atoms with van der Waals surface area (Å²) in [7, 11) is 9.93. The topological polar surface area (TPSA) is 364 Å². The Hall–Kier alpha value is -10.2. The van der Waals surface area contributed by atoms with Gasteiger partial charge in [-0.05, 0) is 205 Å². The molecule has 0 unspecified atom stereocenters. The van der Waals surface area contributed by atoms with Crippen molar-refractivity contribution in [3.05, 3.63) is 224 Å². The van der Waals surface area contributed by atoms with Crippen molar-refractivity contribution >= 4 is 170 Å². The molecule has 584 valence electrons. The van der Waals surface area contributed by atoms with Crippen LogP contribution >= 0.6 is 114 Å². The van der Waals surface area contributed by atoms with E-state index < -0.39 is 82.0 Å². The number of aromatic hydroxyl groups is 2. The second kappa shape index (κ2) is 50.5. The Morgan fingerprint density at radius 3 is 0.755 bits per heavy atom. The Labute approximate surface area is 677 Å². The number of benzene rings is 9. The van der Waals surface area contributed by atoms with E-state index in [1.54, 1.807) is 109 Å². The lowest BCUT2D eigenvalue weighted by molar-refractivity contribution is -0.143. The van der Waals surface area contributed by atoms with Gasteiger partial charge in [-0.3, -0.25) is 9.59 Å². The van der Waals surface area contributed by atoms with Crippen LogP contribution in [0.4, 0.5) is 0 Å².